The molecule has 0 aromatic heterocycles. The first kappa shape index (κ1) is 14.6. The molecular formula is C16H25N3O2. The van der Waals surface area contributed by atoms with Gasteiger partial charge < -0.3 is 14.8 Å². The molecule has 1 N–H and O–H groups in total. The molecule has 116 valence electrons. The molecule has 0 aliphatic carbocycles. The number of benzene rings is 1. The van der Waals surface area contributed by atoms with E-state index in [1.54, 1.807) is 14.2 Å². The Bertz CT molecular complexity index is 486. The number of fused-ring (bicyclic) bond motifs is 3. The van der Waals surface area contributed by atoms with Crippen LogP contribution in [0.2, 0.25) is 0 Å². The van der Waals surface area contributed by atoms with Crippen molar-refractivity contribution in [2.24, 2.45) is 0 Å². The van der Waals surface area contributed by atoms with E-state index in [1.807, 2.05) is 19.2 Å². The molecule has 3 fully saturated rings. The Labute approximate surface area is 126 Å². The summed E-state index contributed by atoms with van der Waals surface area (Å²) in [4.78, 5) is 5.16. The maximum absolute atomic E-state index is 5.59. The van der Waals surface area contributed by atoms with Crippen LogP contribution in [-0.2, 0) is 0 Å². The molecular weight excluding hydrogens is 266 g/mol. The van der Waals surface area contributed by atoms with Gasteiger partial charge in [0.05, 0.1) is 20.3 Å². The Morgan fingerprint density at radius 2 is 1.90 bits per heavy atom. The monoisotopic (exact) mass is 291 g/mol. The molecule has 0 spiro atoms. The Balaban J connectivity index is 1.89. The molecule has 3 aliphatic heterocycles. The molecule has 4 rings (SSSR count). The fourth-order valence-electron chi connectivity index (χ4n) is 3.60. The SMILES string of the molecule is CNC(c1ccc(OC)cc1OC)C1CN2CCN1CC2. The second kappa shape index (κ2) is 6.22. The zero-order valence-corrected chi connectivity index (χ0v) is 13.1. The lowest BCUT2D eigenvalue weighted by molar-refractivity contribution is -0.00285. The van der Waals surface area contributed by atoms with Gasteiger partial charge in [-0.05, 0) is 13.1 Å². The quantitative estimate of drug-likeness (QED) is 0.875. The first-order valence-corrected chi connectivity index (χ1v) is 7.62. The van der Waals surface area contributed by atoms with Crippen LogP contribution in [0, 0.1) is 0 Å². The van der Waals surface area contributed by atoms with E-state index < -0.39 is 0 Å². The standard InChI is InChI=1S/C16H25N3O2/c1-17-16(14-11-18-6-8-19(14)9-7-18)13-5-4-12(20-2)10-15(13)21-3/h4-5,10,14,16-17H,6-9,11H2,1-3H3. The number of piperazine rings is 3. The van der Waals surface area contributed by atoms with Crippen molar-refractivity contribution in [3.05, 3.63) is 23.8 Å². The predicted molar refractivity (Wildman–Crippen MR) is 83.1 cm³/mol. The van der Waals surface area contributed by atoms with Crippen LogP contribution in [0.3, 0.4) is 0 Å². The number of nitrogens with one attached hydrogen (secondary N) is 1. The van der Waals surface area contributed by atoms with E-state index >= 15 is 0 Å². The summed E-state index contributed by atoms with van der Waals surface area (Å²) in [6, 6.07) is 6.88. The van der Waals surface area contributed by atoms with Crippen LogP contribution in [0.1, 0.15) is 11.6 Å². The average molecular weight is 291 g/mol. The van der Waals surface area contributed by atoms with E-state index in [0.717, 1.165) is 18.0 Å². The minimum Gasteiger partial charge on any atom is -0.497 e. The topological polar surface area (TPSA) is 37.0 Å². The van der Waals surface area contributed by atoms with Gasteiger partial charge in [-0.1, -0.05) is 6.07 Å². The number of ether oxygens (including phenoxy) is 2. The molecule has 0 radical (unpaired) electrons. The molecule has 3 aliphatic rings. The maximum atomic E-state index is 5.59. The summed E-state index contributed by atoms with van der Waals surface area (Å²) in [6.07, 6.45) is 0. The summed E-state index contributed by atoms with van der Waals surface area (Å²) in [5.74, 6) is 1.73. The Kier molecular flexibility index (Phi) is 4.33. The summed E-state index contributed by atoms with van der Waals surface area (Å²) in [5.41, 5.74) is 1.21. The highest BCUT2D eigenvalue weighted by molar-refractivity contribution is 5.43. The fraction of sp³-hybridized carbons (Fsp3) is 0.625. The number of nitrogens with zero attached hydrogens (tertiary/aromatic N) is 2. The number of methoxy groups -OCH3 is 2. The lowest BCUT2D eigenvalue weighted by Crippen LogP contribution is -2.63. The summed E-state index contributed by atoms with van der Waals surface area (Å²) in [7, 11) is 5.44. The molecule has 5 nitrogen and oxygen atoms in total. The zero-order valence-electron chi connectivity index (χ0n) is 13.1. The normalized spacial score (nSPS) is 29.2. The lowest BCUT2D eigenvalue weighted by atomic mass is 9.93. The summed E-state index contributed by atoms with van der Waals surface area (Å²) >= 11 is 0. The molecule has 21 heavy (non-hydrogen) atoms. The first-order chi connectivity index (χ1) is 10.3. The number of hydrogen-bond donors (Lipinski definition) is 1. The third kappa shape index (κ3) is 2.73. The van der Waals surface area contributed by atoms with Crippen LogP contribution in [-0.4, -0.2) is 69.8 Å². The van der Waals surface area contributed by atoms with Crippen molar-refractivity contribution in [3.63, 3.8) is 0 Å². The molecule has 3 heterocycles. The van der Waals surface area contributed by atoms with Gasteiger partial charge in [-0.3, -0.25) is 9.80 Å². The lowest BCUT2D eigenvalue weighted by Gasteiger charge is -2.50. The van der Waals surface area contributed by atoms with Crippen LogP contribution in [0.25, 0.3) is 0 Å². The van der Waals surface area contributed by atoms with E-state index in [1.165, 1.54) is 31.7 Å². The van der Waals surface area contributed by atoms with Crippen molar-refractivity contribution in [2.75, 3.05) is 54.0 Å². The predicted octanol–water partition coefficient (Wildman–Crippen LogP) is 0.964. The molecule has 1 aromatic carbocycles. The van der Waals surface area contributed by atoms with Gasteiger partial charge in [-0.15, -0.1) is 0 Å². The summed E-state index contributed by atoms with van der Waals surface area (Å²) in [6.45, 7) is 5.86. The smallest absolute Gasteiger partial charge is 0.127 e. The van der Waals surface area contributed by atoms with E-state index in [0.29, 0.717) is 6.04 Å². The van der Waals surface area contributed by atoms with Crippen molar-refractivity contribution in [1.29, 1.82) is 0 Å². The van der Waals surface area contributed by atoms with Crippen molar-refractivity contribution in [3.8, 4) is 11.5 Å². The summed E-state index contributed by atoms with van der Waals surface area (Å²) < 4.78 is 10.9. The molecule has 3 saturated heterocycles. The van der Waals surface area contributed by atoms with Gasteiger partial charge in [-0.2, -0.15) is 0 Å². The van der Waals surface area contributed by atoms with Gasteiger partial charge in [0, 0.05) is 50.4 Å². The van der Waals surface area contributed by atoms with Gasteiger partial charge in [-0.25, -0.2) is 0 Å². The molecule has 2 bridgehead atoms. The zero-order chi connectivity index (χ0) is 14.8. The Morgan fingerprint density at radius 1 is 1.14 bits per heavy atom. The highest BCUT2D eigenvalue weighted by Gasteiger charge is 2.37. The highest BCUT2D eigenvalue weighted by Crippen LogP contribution is 2.34. The molecule has 0 amide bonds. The minimum atomic E-state index is 0.272. The van der Waals surface area contributed by atoms with Crippen molar-refractivity contribution in [1.82, 2.24) is 15.1 Å². The minimum absolute atomic E-state index is 0.272. The Hall–Kier alpha value is -1.30. The van der Waals surface area contributed by atoms with Crippen LogP contribution >= 0.6 is 0 Å². The number of hydrogen-bond acceptors (Lipinski definition) is 5. The van der Waals surface area contributed by atoms with Crippen LogP contribution < -0.4 is 14.8 Å². The fourth-order valence-corrected chi connectivity index (χ4v) is 3.60. The Morgan fingerprint density at radius 3 is 2.43 bits per heavy atom. The molecule has 0 saturated carbocycles. The largest absolute Gasteiger partial charge is 0.497 e. The van der Waals surface area contributed by atoms with E-state index in [-0.39, 0.29) is 6.04 Å². The molecule has 5 heteroatoms. The molecule has 2 unspecified atom stereocenters. The van der Waals surface area contributed by atoms with Crippen molar-refractivity contribution >= 4 is 0 Å². The molecule has 1 aromatic rings. The third-order valence-electron chi connectivity index (χ3n) is 4.79. The van der Waals surface area contributed by atoms with Crippen molar-refractivity contribution in [2.45, 2.75) is 12.1 Å². The number of likely N-dealkylation sites (N-methyl/N-ethyl adjacent to an activating group) is 1. The van der Waals surface area contributed by atoms with Crippen molar-refractivity contribution < 1.29 is 9.47 Å². The van der Waals surface area contributed by atoms with Gasteiger partial charge >= 0.3 is 0 Å². The van der Waals surface area contributed by atoms with E-state index in [9.17, 15) is 0 Å². The average Bonchev–Trinajstić information content (AvgIpc) is 2.57. The second-order valence-corrected chi connectivity index (χ2v) is 5.78. The van der Waals surface area contributed by atoms with Gasteiger partial charge in [0.25, 0.3) is 0 Å². The molecule has 2 atom stereocenters. The number of rotatable bonds is 5. The van der Waals surface area contributed by atoms with Crippen LogP contribution in [0.15, 0.2) is 18.2 Å². The van der Waals surface area contributed by atoms with E-state index in [2.05, 4.69) is 21.2 Å². The van der Waals surface area contributed by atoms with Gasteiger partial charge in [0.1, 0.15) is 11.5 Å². The van der Waals surface area contributed by atoms with Gasteiger partial charge in [0.2, 0.25) is 0 Å². The first-order valence-electron chi connectivity index (χ1n) is 7.62. The maximum Gasteiger partial charge on any atom is 0.127 e. The second-order valence-electron chi connectivity index (χ2n) is 5.78. The third-order valence-corrected chi connectivity index (χ3v) is 4.79. The van der Waals surface area contributed by atoms with Crippen LogP contribution in [0.4, 0.5) is 0 Å². The summed E-state index contributed by atoms with van der Waals surface area (Å²) in [5, 5.41) is 3.50. The van der Waals surface area contributed by atoms with E-state index in [4.69, 9.17) is 9.47 Å². The van der Waals surface area contributed by atoms with Crippen LogP contribution in [0.5, 0.6) is 11.5 Å². The highest BCUT2D eigenvalue weighted by atomic mass is 16.5. The van der Waals surface area contributed by atoms with Gasteiger partial charge in [0.15, 0.2) is 0 Å².